The average molecular weight is 525 g/mol. The molecule has 0 aromatic heterocycles. The van der Waals surface area contributed by atoms with Crippen LogP contribution in [0.4, 0.5) is 0 Å². The van der Waals surface area contributed by atoms with Gasteiger partial charge in [0.05, 0.1) is 0 Å². The first kappa shape index (κ1) is 90.1. The monoisotopic (exact) mass is 524 g/mol. The van der Waals surface area contributed by atoms with Crippen LogP contribution in [0.2, 0.25) is 0 Å². The number of hydrogen-bond donors (Lipinski definition) is 6. The van der Waals surface area contributed by atoms with Crippen LogP contribution in [-0.4, -0.2) is 96.4 Å². The molecule has 0 aliphatic carbocycles. The van der Waals surface area contributed by atoms with Crippen molar-refractivity contribution in [2.24, 2.45) is 0 Å². The molecule has 0 bridgehead atoms. The van der Waals surface area contributed by atoms with Crippen molar-refractivity contribution in [2.45, 2.75) is 26.7 Å². The maximum absolute atomic E-state index is 8.74. The van der Waals surface area contributed by atoms with Gasteiger partial charge in [0.25, 0.3) is 0 Å². The summed E-state index contributed by atoms with van der Waals surface area (Å²) in [5.41, 5.74) is 0. The fourth-order valence-corrected chi connectivity index (χ4v) is 0. The highest BCUT2D eigenvalue weighted by molar-refractivity contribution is 7.80. The Hall–Kier alpha value is -0.710. The summed E-state index contributed by atoms with van der Waals surface area (Å²) in [7, 11) is -14.0. The summed E-state index contributed by atoms with van der Waals surface area (Å²) >= 11 is 0. The van der Waals surface area contributed by atoms with E-state index in [1.807, 2.05) is 13.8 Å². The predicted octanol–water partition coefficient (Wildman–Crippen LogP) is -6.10. The third kappa shape index (κ3) is 34600. The average Bonchev–Trinajstić information content (AvgIpc) is 1.93. The van der Waals surface area contributed by atoms with Gasteiger partial charge in [0.2, 0.25) is 0 Å². The van der Waals surface area contributed by atoms with Gasteiger partial charge >= 0.3 is 31.2 Å². The molecule has 29 heavy (non-hydrogen) atoms. The summed E-state index contributed by atoms with van der Waals surface area (Å²) in [4.78, 5) is 0. The normalized spacial score (nSPS) is 7.24. The lowest BCUT2D eigenvalue weighted by Gasteiger charge is -1.68. The highest BCUT2D eigenvalue weighted by Gasteiger charge is 1.85. The van der Waals surface area contributed by atoms with Gasteiger partial charge in [0, 0.05) is 0 Å². The van der Waals surface area contributed by atoms with E-state index in [0.717, 1.165) is 12.8 Å². The predicted molar refractivity (Wildman–Crippen MR) is 103 cm³/mol. The summed E-state index contributed by atoms with van der Waals surface area (Å²) in [6, 6.07) is 0. The summed E-state index contributed by atoms with van der Waals surface area (Å²) in [5, 5.41) is 0. The number of rotatable bonds is 0. The van der Waals surface area contributed by atoms with Crippen LogP contribution in [-0.2, 0) is 31.2 Å². The zero-order valence-electron chi connectivity index (χ0n) is 15.2. The quantitative estimate of drug-likeness (QED) is 0.161. The van der Waals surface area contributed by atoms with Gasteiger partial charge in [-0.2, -0.15) is 25.3 Å². The Morgan fingerprint density at radius 3 is 0.448 bits per heavy atom. The minimum Gasteiger partial charge on any atom is -0.412 e. The van der Waals surface area contributed by atoms with Crippen molar-refractivity contribution in [3.05, 3.63) is 13.8 Å². The van der Waals surface area contributed by atoms with Crippen LogP contribution >= 0.6 is 0 Å². The molecule has 0 amide bonds. The molecule has 0 heterocycles. The van der Waals surface area contributed by atoms with Gasteiger partial charge in [-0.1, -0.05) is 40.5 Å². The molecule has 0 spiro atoms. The van der Waals surface area contributed by atoms with Crippen molar-refractivity contribution in [1.29, 1.82) is 0 Å². The molecule has 0 unspecified atom stereocenters. The van der Waals surface area contributed by atoms with E-state index < -0.39 is 31.2 Å². The van der Waals surface area contributed by atoms with Gasteiger partial charge in [0.1, 0.15) is 0 Å². The van der Waals surface area contributed by atoms with Gasteiger partial charge in [-0.3, -0.25) is 27.3 Å². The molecule has 2 radical (unpaired) electrons. The Balaban J connectivity index is -0.00000000951. The topological polar surface area (TPSA) is 476 Å². The molecule has 0 atom stereocenters. The Labute approximate surface area is 168 Å². The lowest BCUT2D eigenvalue weighted by Crippen LogP contribution is -1.89. The maximum Gasteiger partial charge on any atom is 0.394 e. The SMILES string of the molecule is O.O.O.O.O.O.O.O.O=S(=O)(O)O.O=S(=O)(O)O.O=S(=O)(O)O.[CH2]CC.[CH2]CC. The molecular weight excluding hydrogens is 488 g/mol. The molecule has 0 aliphatic rings. The standard InChI is InChI=1S/2C3H7.3H2O4S.8H2O/c2*1-3-2;3*1-5(2,3)4;;;;;;;;/h2*1,3H2,2H3;3*(H2,1,2,3,4);8*1H2. The van der Waals surface area contributed by atoms with Gasteiger partial charge in [-0.25, -0.2) is 0 Å². The van der Waals surface area contributed by atoms with Crippen LogP contribution in [0, 0.1) is 13.8 Å². The summed E-state index contributed by atoms with van der Waals surface area (Å²) in [6.45, 7) is 11.0. The molecule has 0 aliphatic heterocycles. The third-order valence-corrected chi connectivity index (χ3v) is 0. The molecule has 0 aromatic carbocycles. The van der Waals surface area contributed by atoms with Gasteiger partial charge in [-0.05, 0) is 0 Å². The van der Waals surface area contributed by atoms with E-state index in [2.05, 4.69) is 13.8 Å². The minimum atomic E-state index is -4.67. The van der Waals surface area contributed by atoms with Crippen molar-refractivity contribution in [3.63, 3.8) is 0 Å². The fourth-order valence-electron chi connectivity index (χ4n) is 0. The summed E-state index contributed by atoms with van der Waals surface area (Å²) < 4.78 is 94.8. The van der Waals surface area contributed by atoms with Crippen molar-refractivity contribution in [2.75, 3.05) is 0 Å². The van der Waals surface area contributed by atoms with Crippen molar-refractivity contribution in [3.8, 4) is 0 Å². The van der Waals surface area contributed by atoms with E-state index in [-0.39, 0.29) is 43.8 Å². The Morgan fingerprint density at radius 2 is 0.448 bits per heavy atom. The van der Waals surface area contributed by atoms with Crippen LogP contribution in [0.15, 0.2) is 0 Å². The maximum atomic E-state index is 8.74. The zero-order valence-corrected chi connectivity index (χ0v) is 17.6. The minimum absolute atomic E-state index is 0. The Morgan fingerprint density at radius 1 is 0.448 bits per heavy atom. The van der Waals surface area contributed by atoms with Crippen molar-refractivity contribution < 1.29 is 96.4 Å². The molecule has 198 valence electrons. The smallest absolute Gasteiger partial charge is 0.394 e. The Bertz CT molecular complexity index is 381. The van der Waals surface area contributed by atoms with Crippen LogP contribution in [0.1, 0.15) is 26.7 Å². The van der Waals surface area contributed by atoms with Crippen molar-refractivity contribution in [1.82, 2.24) is 0 Å². The fraction of sp³-hybridized carbons (Fsp3) is 0.667. The first-order chi connectivity index (χ1) is 8.83. The second-order valence-corrected chi connectivity index (χ2v) is 5.03. The van der Waals surface area contributed by atoms with E-state index in [1.165, 1.54) is 0 Å². The number of hydrogen-bond acceptors (Lipinski definition) is 6. The Kier molecular flexibility index (Phi) is 158. The molecule has 0 rings (SSSR count). The first-order valence-electron chi connectivity index (χ1n) is 4.51. The molecule has 0 aromatic rings. The third-order valence-electron chi connectivity index (χ3n) is 0. The lowest BCUT2D eigenvalue weighted by atomic mass is 10.6. The molecule has 0 fully saturated rings. The van der Waals surface area contributed by atoms with Crippen LogP contribution < -0.4 is 0 Å². The summed E-state index contributed by atoms with van der Waals surface area (Å²) in [5.74, 6) is 0. The van der Waals surface area contributed by atoms with E-state index in [0.29, 0.717) is 0 Å². The lowest BCUT2D eigenvalue weighted by molar-refractivity contribution is 0.378. The van der Waals surface area contributed by atoms with Crippen LogP contribution in [0.5, 0.6) is 0 Å². The van der Waals surface area contributed by atoms with Gasteiger partial charge < -0.3 is 43.8 Å². The second-order valence-electron chi connectivity index (χ2n) is 2.34. The molecule has 20 nitrogen and oxygen atoms in total. The largest absolute Gasteiger partial charge is 0.412 e. The van der Waals surface area contributed by atoms with E-state index in [1.54, 1.807) is 0 Å². The van der Waals surface area contributed by atoms with E-state index in [4.69, 9.17) is 52.6 Å². The second kappa shape index (κ2) is 50.7. The highest BCUT2D eigenvalue weighted by Crippen LogP contribution is 1.60. The highest BCUT2D eigenvalue weighted by atomic mass is 32.3. The van der Waals surface area contributed by atoms with Crippen molar-refractivity contribution >= 4 is 31.2 Å². The van der Waals surface area contributed by atoms with E-state index >= 15 is 0 Å². The summed E-state index contributed by atoms with van der Waals surface area (Å²) in [6.07, 6.45) is 2.00. The molecule has 22 N–H and O–H groups in total. The van der Waals surface area contributed by atoms with Crippen LogP contribution in [0.25, 0.3) is 0 Å². The molecule has 23 heteroatoms. The van der Waals surface area contributed by atoms with Crippen LogP contribution in [0.3, 0.4) is 0 Å². The molecule has 0 saturated carbocycles. The molecule has 0 saturated heterocycles. The zero-order chi connectivity index (χ0) is 18.9. The van der Waals surface area contributed by atoms with Gasteiger partial charge in [-0.15, -0.1) is 0 Å². The van der Waals surface area contributed by atoms with Gasteiger partial charge in [0.15, 0.2) is 0 Å². The molecular formula is C6H36O20S3. The first-order valence-corrected chi connectivity index (χ1v) is 8.70. The van der Waals surface area contributed by atoms with E-state index in [9.17, 15) is 0 Å².